The van der Waals surface area contributed by atoms with Crippen LogP contribution < -0.4 is 10.1 Å². The molecule has 0 unspecified atom stereocenters. The van der Waals surface area contributed by atoms with Gasteiger partial charge in [0, 0.05) is 23.7 Å². The minimum Gasteiger partial charge on any atom is -0.489 e. The lowest BCUT2D eigenvalue weighted by atomic mass is 9.48. The average molecular weight is 533 g/mol. The molecule has 5 nitrogen and oxygen atoms in total. The summed E-state index contributed by atoms with van der Waals surface area (Å²) in [7, 11) is 0. The van der Waals surface area contributed by atoms with Crippen molar-refractivity contribution < 1.29 is 9.66 Å². The lowest BCUT2D eigenvalue weighted by molar-refractivity contribution is -0.384. The topological polar surface area (TPSA) is 64.4 Å². The van der Waals surface area contributed by atoms with Gasteiger partial charge in [0.25, 0.3) is 5.69 Å². The Morgan fingerprint density at radius 2 is 1.60 bits per heavy atom. The molecule has 6 aliphatic rings. The fraction of sp³-hybridized carbons (Fsp3) is 0.429. The molecule has 0 saturated heterocycles. The van der Waals surface area contributed by atoms with Gasteiger partial charge in [-0.1, -0.05) is 36.4 Å². The number of nitro benzene ring substituents is 1. The van der Waals surface area contributed by atoms with E-state index in [0.717, 1.165) is 35.5 Å². The molecule has 3 aromatic rings. The number of anilines is 1. The van der Waals surface area contributed by atoms with Gasteiger partial charge in [-0.05, 0) is 127 Å². The molecule has 9 rings (SSSR count). The van der Waals surface area contributed by atoms with Crippen LogP contribution in [0.25, 0.3) is 0 Å². The standard InChI is InChI=1S/C35H36N2O3/c38-37(39)28-9-4-22(5-10-28)21-40-29-11-6-26(7-12-29)34-31-3-1-2-30(31)32-17-27(8-13-33(32)36-34)35-18-23-14-24(19-35)16-25(15-23)20-35/h1-2,4-13,17,23-25,30-31,34,36H,3,14-16,18-21H2/t23?,24?,25?,30-,31-,34+,35?/m1/s1. The zero-order valence-electron chi connectivity index (χ0n) is 22.8. The van der Waals surface area contributed by atoms with Crippen molar-refractivity contribution in [2.24, 2.45) is 23.7 Å². The maximum absolute atomic E-state index is 10.9. The largest absolute Gasteiger partial charge is 0.489 e. The van der Waals surface area contributed by atoms with Gasteiger partial charge in [-0.15, -0.1) is 0 Å². The molecular formula is C35H36N2O3. The number of allylic oxidation sites excluding steroid dienone is 2. The van der Waals surface area contributed by atoms with E-state index in [9.17, 15) is 10.1 Å². The van der Waals surface area contributed by atoms with Gasteiger partial charge in [0.2, 0.25) is 0 Å². The van der Waals surface area contributed by atoms with E-state index in [2.05, 4.69) is 47.8 Å². The number of nitrogens with one attached hydrogen (secondary N) is 1. The summed E-state index contributed by atoms with van der Waals surface area (Å²) >= 11 is 0. The van der Waals surface area contributed by atoms with Crippen LogP contribution in [0.4, 0.5) is 11.4 Å². The number of hydrogen-bond acceptors (Lipinski definition) is 4. The van der Waals surface area contributed by atoms with E-state index in [1.165, 1.54) is 67.5 Å². The molecule has 1 N–H and O–H groups in total. The molecule has 4 fully saturated rings. The highest BCUT2D eigenvalue weighted by Crippen LogP contribution is 2.61. The summed E-state index contributed by atoms with van der Waals surface area (Å²) in [6.07, 6.45) is 14.6. The first-order valence-electron chi connectivity index (χ1n) is 15.1. The van der Waals surface area contributed by atoms with Crippen LogP contribution in [0.3, 0.4) is 0 Å². The zero-order chi connectivity index (χ0) is 26.8. The Morgan fingerprint density at radius 3 is 2.27 bits per heavy atom. The lowest BCUT2D eigenvalue weighted by Gasteiger charge is -2.57. The predicted molar refractivity (Wildman–Crippen MR) is 157 cm³/mol. The summed E-state index contributed by atoms with van der Waals surface area (Å²) < 4.78 is 5.99. The van der Waals surface area contributed by atoms with E-state index in [-0.39, 0.29) is 16.7 Å². The molecule has 3 atom stereocenters. The highest BCUT2D eigenvalue weighted by atomic mass is 16.6. The SMILES string of the molecule is O=[N+]([O-])c1ccc(COc2ccc([C@@H]3Nc4ccc(C56CC7CC(CC(C7)C5)C6)cc4[C@@H]4C=CC[C@H]43)cc2)cc1. The third kappa shape index (κ3) is 4.05. The number of rotatable bonds is 6. The first-order chi connectivity index (χ1) is 19.5. The monoisotopic (exact) mass is 532 g/mol. The van der Waals surface area contributed by atoms with Gasteiger partial charge >= 0.3 is 0 Å². The number of nitrogens with zero attached hydrogens (tertiary/aromatic N) is 1. The Kier molecular flexibility index (Phi) is 5.58. The van der Waals surface area contributed by atoms with Crippen LogP contribution >= 0.6 is 0 Å². The summed E-state index contributed by atoms with van der Waals surface area (Å²) in [6, 6.07) is 22.7. The number of ether oxygens (including phenoxy) is 1. The van der Waals surface area contributed by atoms with E-state index < -0.39 is 0 Å². The molecule has 0 radical (unpaired) electrons. The quantitative estimate of drug-likeness (QED) is 0.196. The highest BCUT2D eigenvalue weighted by Gasteiger charge is 2.52. The molecule has 5 heteroatoms. The molecule has 4 bridgehead atoms. The van der Waals surface area contributed by atoms with Crippen molar-refractivity contribution in [1.29, 1.82) is 0 Å². The van der Waals surface area contributed by atoms with Crippen LogP contribution in [0.1, 0.15) is 79.2 Å². The van der Waals surface area contributed by atoms with Crippen LogP contribution in [0.2, 0.25) is 0 Å². The molecule has 204 valence electrons. The van der Waals surface area contributed by atoms with Crippen molar-refractivity contribution in [3.63, 3.8) is 0 Å². The molecule has 5 aliphatic carbocycles. The molecular weight excluding hydrogens is 496 g/mol. The molecule has 0 aromatic heterocycles. The second kappa shape index (κ2) is 9.22. The summed E-state index contributed by atoms with van der Waals surface area (Å²) in [5.74, 6) is 4.68. The van der Waals surface area contributed by atoms with Gasteiger partial charge in [0.05, 0.1) is 11.0 Å². The lowest BCUT2D eigenvalue weighted by Crippen LogP contribution is -2.48. The molecule has 3 aromatic carbocycles. The van der Waals surface area contributed by atoms with Gasteiger partial charge in [-0.2, -0.15) is 0 Å². The van der Waals surface area contributed by atoms with E-state index in [0.29, 0.717) is 23.9 Å². The van der Waals surface area contributed by atoms with E-state index in [1.807, 2.05) is 12.1 Å². The summed E-state index contributed by atoms with van der Waals surface area (Å²) in [6.45, 7) is 0.382. The second-order valence-electron chi connectivity index (χ2n) is 13.3. The van der Waals surface area contributed by atoms with Crippen LogP contribution in [0, 0.1) is 33.8 Å². The van der Waals surface area contributed by atoms with Crippen LogP contribution in [0.15, 0.2) is 78.9 Å². The summed E-state index contributed by atoms with van der Waals surface area (Å²) in [4.78, 5) is 10.5. The van der Waals surface area contributed by atoms with Gasteiger partial charge < -0.3 is 10.1 Å². The van der Waals surface area contributed by atoms with Gasteiger partial charge in [-0.3, -0.25) is 10.1 Å². The third-order valence-electron chi connectivity index (χ3n) is 10.8. The smallest absolute Gasteiger partial charge is 0.269 e. The maximum atomic E-state index is 10.9. The fourth-order valence-corrected chi connectivity index (χ4v) is 9.37. The predicted octanol–water partition coefficient (Wildman–Crippen LogP) is 8.47. The van der Waals surface area contributed by atoms with Crippen LogP contribution in [-0.4, -0.2) is 4.92 Å². The molecule has 4 saturated carbocycles. The third-order valence-corrected chi connectivity index (χ3v) is 10.8. The van der Waals surface area contributed by atoms with E-state index in [1.54, 1.807) is 17.7 Å². The van der Waals surface area contributed by atoms with Crippen molar-refractivity contribution in [1.82, 2.24) is 0 Å². The number of nitro groups is 1. The Hall–Kier alpha value is -3.60. The maximum Gasteiger partial charge on any atom is 0.269 e. The first-order valence-corrected chi connectivity index (χ1v) is 15.1. The molecule has 40 heavy (non-hydrogen) atoms. The fourth-order valence-electron chi connectivity index (χ4n) is 9.37. The van der Waals surface area contributed by atoms with Crippen molar-refractivity contribution >= 4 is 11.4 Å². The zero-order valence-corrected chi connectivity index (χ0v) is 22.8. The number of benzene rings is 3. The van der Waals surface area contributed by atoms with Crippen molar-refractivity contribution in [3.8, 4) is 5.75 Å². The van der Waals surface area contributed by atoms with Gasteiger partial charge in [0.1, 0.15) is 12.4 Å². The highest BCUT2D eigenvalue weighted by molar-refractivity contribution is 5.61. The van der Waals surface area contributed by atoms with Crippen molar-refractivity contribution in [2.45, 2.75) is 68.9 Å². The Balaban J connectivity index is 1.00. The van der Waals surface area contributed by atoms with Crippen molar-refractivity contribution in [3.05, 3.63) is 111 Å². The average Bonchev–Trinajstić information content (AvgIpc) is 3.46. The van der Waals surface area contributed by atoms with E-state index >= 15 is 0 Å². The summed E-state index contributed by atoms with van der Waals surface area (Å²) in [5.41, 5.74) is 7.15. The van der Waals surface area contributed by atoms with Crippen LogP contribution in [0.5, 0.6) is 5.75 Å². The first kappa shape index (κ1) is 24.2. The Morgan fingerprint density at radius 1 is 0.900 bits per heavy atom. The van der Waals surface area contributed by atoms with Crippen LogP contribution in [-0.2, 0) is 12.0 Å². The molecule has 1 heterocycles. The molecule has 0 spiro atoms. The normalized spacial score (nSPS) is 32.8. The number of non-ortho nitro benzene ring substituents is 1. The minimum atomic E-state index is -0.381. The minimum absolute atomic E-state index is 0.0957. The van der Waals surface area contributed by atoms with Gasteiger partial charge in [-0.25, -0.2) is 0 Å². The number of hydrogen-bond donors (Lipinski definition) is 1. The summed E-state index contributed by atoms with van der Waals surface area (Å²) in [5, 5.41) is 14.8. The molecule has 1 aliphatic heterocycles. The Labute approximate surface area is 235 Å². The Bertz CT molecular complexity index is 1440. The molecule has 0 amide bonds. The van der Waals surface area contributed by atoms with Crippen molar-refractivity contribution in [2.75, 3.05) is 5.32 Å². The number of fused-ring (bicyclic) bond motifs is 3. The van der Waals surface area contributed by atoms with Gasteiger partial charge in [0.15, 0.2) is 0 Å². The van der Waals surface area contributed by atoms with E-state index in [4.69, 9.17) is 4.74 Å². The second-order valence-corrected chi connectivity index (χ2v) is 13.3.